The molecule has 13 nitrogen and oxygen atoms in total. The Bertz CT molecular complexity index is 1980. The molecule has 0 aliphatic heterocycles. The molecule has 3 amide bonds. The predicted molar refractivity (Wildman–Crippen MR) is 239 cm³/mol. The molecular weight excluding hydrogens is 745 g/mol. The Kier molecular flexibility index (Phi) is 19.1. The molecule has 0 radical (unpaired) electrons. The molecule has 3 aromatic rings. The first-order valence-electron chi connectivity index (χ1n) is 20.3. The number of carbonyl (C=O) groups excluding carboxylic acids is 3. The van der Waals surface area contributed by atoms with Crippen molar-refractivity contribution in [3.05, 3.63) is 88.1 Å². The van der Waals surface area contributed by atoms with Crippen LogP contribution in [-0.4, -0.2) is 57.0 Å². The van der Waals surface area contributed by atoms with Gasteiger partial charge in [-0.1, -0.05) is 86.9 Å². The number of hydrogen-bond donors (Lipinski definition) is 5. The monoisotopic (exact) mass is 811 g/mol. The summed E-state index contributed by atoms with van der Waals surface area (Å²) < 4.78 is 11.6. The number of rotatable bonds is 18. The average molecular weight is 811 g/mol. The summed E-state index contributed by atoms with van der Waals surface area (Å²) in [6.45, 7) is 34.6. The van der Waals surface area contributed by atoms with Gasteiger partial charge in [0, 0.05) is 44.1 Å². The number of anilines is 3. The highest BCUT2D eigenvalue weighted by atomic mass is 16.5. The van der Waals surface area contributed by atoms with Gasteiger partial charge in [-0.25, -0.2) is 0 Å². The molecule has 5 N–H and O–H groups in total. The summed E-state index contributed by atoms with van der Waals surface area (Å²) in [5.41, 5.74) is 16.7. The van der Waals surface area contributed by atoms with Crippen molar-refractivity contribution < 1.29 is 23.9 Å². The lowest BCUT2D eigenvalue weighted by Gasteiger charge is -2.31. The van der Waals surface area contributed by atoms with Crippen molar-refractivity contribution >= 4 is 46.2 Å². The Morgan fingerprint density at radius 3 is 1.97 bits per heavy atom. The molecule has 0 spiro atoms. The fourth-order valence-electron chi connectivity index (χ4n) is 5.72. The van der Waals surface area contributed by atoms with Crippen LogP contribution in [0.3, 0.4) is 0 Å². The van der Waals surface area contributed by atoms with E-state index in [1.54, 1.807) is 31.3 Å². The maximum Gasteiger partial charge on any atom is 0.327 e. The van der Waals surface area contributed by atoms with E-state index in [2.05, 4.69) is 104 Å². The van der Waals surface area contributed by atoms with Crippen LogP contribution in [0.4, 0.5) is 28.4 Å². The van der Waals surface area contributed by atoms with E-state index >= 15 is 0 Å². The minimum absolute atomic E-state index is 0.0438. The first-order valence-corrected chi connectivity index (χ1v) is 20.3. The van der Waals surface area contributed by atoms with Gasteiger partial charge in [-0.3, -0.25) is 45.8 Å². The molecule has 2 atom stereocenters. The molecule has 0 heterocycles. The zero-order valence-electron chi connectivity index (χ0n) is 37.4. The van der Waals surface area contributed by atoms with Crippen LogP contribution in [0, 0.1) is 19.1 Å². The second-order valence-corrected chi connectivity index (χ2v) is 16.0. The fraction of sp³-hybridized carbons (Fsp3) is 0.500. The van der Waals surface area contributed by atoms with Crippen LogP contribution in [-0.2, 0) is 31.6 Å². The molecule has 0 fully saturated rings. The molecule has 0 aliphatic rings. The van der Waals surface area contributed by atoms with Crippen LogP contribution < -0.4 is 36.5 Å². The predicted octanol–water partition coefficient (Wildman–Crippen LogP) is 9.71. The normalized spacial score (nSPS) is 11.9. The van der Waals surface area contributed by atoms with Crippen molar-refractivity contribution in [1.29, 1.82) is 0 Å². The van der Waals surface area contributed by atoms with Crippen LogP contribution in [0.2, 0.25) is 0 Å². The zero-order valence-corrected chi connectivity index (χ0v) is 37.4. The summed E-state index contributed by atoms with van der Waals surface area (Å²) in [4.78, 5) is 44.4. The lowest BCUT2D eigenvalue weighted by Crippen LogP contribution is -2.41. The summed E-state index contributed by atoms with van der Waals surface area (Å²) in [6.07, 6.45) is 4.53. The SMILES string of the molecule is CNc1ccc(NNC(=O)C(=O)N(C)C)c(OC)c1.[C-]#[N+]c1cc(CCC(C)CC)c(NNC(=O)C(CC)Oc2ccc(C(C)(C)CC)cc2C(C)(C)CC)cc1[N+]#[C-]. The lowest BCUT2D eigenvalue weighted by atomic mass is 9.76. The average Bonchev–Trinajstić information content (AvgIpc) is 3.24. The molecule has 0 bridgehead atoms. The van der Waals surface area contributed by atoms with E-state index in [1.165, 1.54) is 31.7 Å². The molecular formula is C46H66N8O5. The fourth-order valence-corrected chi connectivity index (χ4v) is 5.72. The second-order valence-electron chi connectivity index (χ2n) is 16.0. The van der Waals surface area contributed by atoms with Crippen LogP contribution in [0.5, 0.6) is 11.5 Å². The van der Waals surface area contributed by atoms with Crippen molar-refractivity contribution in [2.24, 2.45) is 5.92 Å². The summed E-state index contributed by atoms with van der Waals surface area (Å²) >= 11 is 0. The minimum atomic E-state index is -0.746. The van der Waals surface area contributed by atoms with Crippen LogP contribution in [0.25, 0.3) is 9.69 Å². The molecule has 3 aromatic carbocycles. The molecule has 3 rings (SSSR count). The largest absolute Gasteiger partial charge is 0.494 e. The van der Waals surface area contributed by atoms with Crippen LogP contribution in [0.15, 0.2) is 48.5 Å². The number of benzene rings is 3. The number of aryl methyl sites for hydroxylation is 1. The first-order chi connectivity index (χ1) is 27.9. The van der Waals surface area contributed by atoms with Gasteiger partial charge in [0.1, 0.15) is 11.5 Å². The highest BCUT2D eigenvalue weighted by Gasteiger charge is 2.29. The van der Waals surface area contributed by atoms with E-state index in [0.29, 0.717) is 35.2 Å². The van der Waals surface area contributed by atoms with E-state index in [4.69, 9.17) is 22.6 Å². The summed E-state index contributed by atoms with van der Waals surface area (Å²) in [5.74, 6) is 0.142. The lowest BCUT2D eigenvalue weighted by molar-refractivity contribution is -0.143. The summed E-state index contributed by atoms with van der Waals surface area (Å²) in [5, 5.41) is 2.97. The molecule has 0 saturated carbocycles. The molecule has 0 saturated heterocycles. The van der Waals surface area contributed by atoms with Crippen molar-refractivity contribution in [3.8, 4) is 11.5 Å². The topological polar surface area (TPSA) is 142 Å². The van der Waals surface area contributed by atoms with Gasteiger partial charge >= 0.3 is 11.8 Å². The highest BCUT2D eigenvalue weighted by molar-refractivity contribution is 6.35. The number of methoxy groups -OCH3 is 1. The van der Waals surface area contributed by atoms with Crippen molar-refractivity contribution in [1.82, 2.24) is 15.8 Å². The molecule has 59 heavy (non-hydrogen) atoms. The summed E-state index contributed by atoms with van der Waals surface area (Å²) in [6, 6.07) is 15.1. The van der Waals surface area contributed by atoms with E-state index in [1.807, 2.05) is 19.1 Å². The highest BCUT2D eigenvalue weighted by Crippen LogP contribution is 2.39. The Balaban J connectivity index is 0.000000527. The van der Waals surface area contributed by atoms with Gasteiger partial charge in [0.25, 0.3) is 5.91 Å². The van der Waals surface area contributed by atoms with E-state index in [-0.39, 0.29) is 22.4 Å². The molecule has 13 heteroatoms. The van der Waals surface area contributed by atoms with Crippen LogP contribution in [0.1, 0.15) is 111 Å². The number of carbonyl (C=O) groups is 3. The third-order valence-electron chi connectivity index (χ3n) is 11.0. The number of nitrogens with zero attached hydrogens (tertiary/aromatic N) is 3. The van der Waals surface area contributed by atoms with Gasteiger partial charge in [0.2, 0.25) is 0 Å². The quantitative estimate of drug-likeness (QED) is 0.0486. The molecule has 0 aliphatic carbocycles. The van der Waals surface area contributed by atoms with Crippen LogP contribution >= 0.6 is 0 Å². The number of likely N-dealkylation sites (N-methyl/N-ethyl adjacent to an activating group) is 1. The van der Waals surface area contributed by atoms with E-state index in [0.717, 1.165) is 54.7 Å². The Hall–Kier alpha value is -5.95. The smallest absolute Gasteiger partial charge is 0.327 e. The second kappa shape index (κ2) is 22.8. The van der Waals surface area contributed by atoms with Gasteiger partial charge in [-0.05, 0) is 84.2 Å². The maximum atomic E-state index is 13.3. The molecule has 2 unspecified atom stereocenters. The minimum Gasteiger partial charge on any atom is -0.494 e. The number of hydrogen-bond acceptors (Lipinski definition) is 8. The third-order valence-corrected chi connectivity index (χ3v) is 11.0. The Morgan fingerprint density at radius 2 is 1.42 bits per heavy atom. The number of ether oxygens (including phenoxy) is 2. The maximum absolute atomic E-state index is 13.3. The Labute approximate surface area is 352 Å². The van der Waals surface area contributed by atoms with Gasteiger partial charge in [0.15, 0.2) is 17.5 Å². The van der Waals surface area contributed by atoms with Gasteiger partial charge in [-0.15, -0.1) is 0 Å². The summed E-state index contributed by atoms with van der Waals surface area (Å²) in [7, 11) is 6.32. The standard InChI is InChI=1S/C34H48N4O2.C12H18N4O3/c1-12-23(5)16-17-24-20-28(35-10)29(36-11)22-27(24)37-38-32(39)30(13-2)40-31-19-18-25(33(6,7)14-3)21-26(31)34(8,9)15-4;1-13-8-5-6-9(10(7-8)19-4)14-15-11(17)12(18)16(2)3/h18-23,30,37H,12-17H2,1-9H3,(H,38,39);5-7,13-14H,1-4H3,(H,15,17). The Morgan fingerprint density at radius 1 is 0.797 bits per heavy atom. The molecule has 320 valence electrons. The first kappa shape index (κ1) is 49.2. The van der Waals surface area contributed by atoms with E-state index < -0.39 is 17.9 Å². The molecule has 0 aromatic heterocycles. The number of hydrazine groups is 2. The third kappa shape index (κ3) is 13.8. The van der Waals surface area contributed by atoms with Crippen molar-refractivity contribution in [2.75, 3.05) is 44.4 Å². The van der Waals surface area contributed by atoms with E-state index in [9.17, 15) is 14.4 Å². The van der Waals surface area contributed by atoms with Gasteiger partial charge < -0.3 is 19.7 Å². The van der Waals surface area contributed by atoms with Gasteiger partial charge in [-0.2, -0.15) is 0 Å². The van der Waals surface area contributed by atoms with Crippen molar-refractivity contribution in [2.45, 2.75) is 118 Å². The van der Waals surface area contributed by atoms with Gasteiger partial charge in [0.05, 0.1) is 25.9 Å². The number of nitrogens with one attached hydrogen (secondary N) is 5. The van der Waals surface area contributed by atoms with Crippen molar-refractivity contribution in [3.63, 3.8) is 0 Å². The zero-order chi connectivity index (χ0) is 44.5. The number of amides is 3.